The highest BCUT2D eigenvalue weighted by atomic mass is 32.2. The lowest BCUT2D eigenvalue weighted by molar-refractivity contribution is -0.117. The van der Waals surface area contributed by atoms with Gasteiger partial charge >= 0.3 is 0 Å². The van der Waals surface area contributed by atoms with Crippen LogP contribution in [-0.2, 0) is 15.6 Å². The van der Waals surface area contributed by atoms with Gasteiger partial charge in [0, 0.05) is 11.3 Å². The van der Waals surface area contributed by atoms with Gasteiger partial charge in [-0.05, 0) is 35.7 Å². The molecule has 0 spiro atoms. The molecule has 2 nitrogen and oxygen atoms in total. The minimum Gasteiger partial charge on any atom is -0.298 e. The molecule has 0 radical (unpaired) electrons. The second-order valence-electron chi connectivity index (χ2n) is 4.65. The van der Waals surface area contributed by atoms with E-state index in [0.29, 0.717) is 6.42 Å². The van der Waals surface area contributed by atoms with Gasteiger partial charge in [-0.3, -0.25) is 9.00 Å². The van der Waals surface area contributed by atoms with E-state index in [4.69, 9.17) is 0 Å². The minimum atomic E-state index is -1.19. The van der Waals surface area contributed by atoms with E-state index in [1.807, 2.05) is 42.5 Å². The molecule has 0 amide bonds. The smallest absolute Gasteiger partial charge is 0.148 e. The second-order valence-corrected chi connectivity index (χ2v) is 6.29. The highest BCUT2D eigenvalue weighted by Gasteiger charge is 2.30. The first kappa shape index (κ1) is 11.6. The van der Waals surface area contributed by atoms with Gasteiger partial charge in [0.15, 0.2) is 0 Å². The van der Waals surface area contributed by atoms with E-state index in [9.17, 15) is 9.00 Å². The average molecular weight is 258 g/mol. The summed E-state index contributed by atoms with van der Waals surface area (Å²) in [6.07, 6.45) is 2.23. The van der Waals surface area contributed by atoms with E-state index < -0.39 is 10.8 Å². The molecule has 0 aromatic heterocycles. The summed E-state index contributed by atoms with van der Waals surface area (Å²) in [7, 11) is -1.19. The molecule has 1 aliphatic rings. The Hall–Kier alpha value is -1.48. The van der Waals surface area contributed by atoms with Crippen molar-refractivity contribution in [3.63, 3.8) is 0 Å². The van der Waals surface area contributed by atoms with E-state index >= 15 is 0 Å². The molecule has 2 aromatic rings. The fourth-order valence-electron chi connectivity index (χ4n) is 2.47. The van der Waals surface area contributed by atoms with Crippen LogP contribution in [0.4, 0.5) is 0 Å². The zero-order valence-electron chi connectivity index (χ0n) is 9.96. The molecule has 3 heteroatoms. The zero-order chi connectivity index (χ0) is 12.5. The van der Waals surface area contributed by atoms with Crippen LogP contribution < -0.4 is 0 Å². The summed E-state index contributed by atoms with van der Waals surface area (Å²) in [6, 6.07) is 13.8. The van der Waals surface area contributed by atoms with E-state index in [2.05, 4.69) is 0 Å². The monoisotopic (exact) mass is 258 g/mol. The summed E-state index contributed by atoms with van der Waals surface area (Å²) in [5, 5.41) is 1.93. The van der Waals surface area contributed by atoms with Gasteiger partial charge in [-0.2, -0.15) is 0 Å². The van der Waals surface area contributed by atoms with Gasteiger partial charge in [0.05, 0.1) is 16.0 Å². The maximum atomic E-state index is 12.4. The number of Topliss-reactive ketones (excluding diaryl/α,β-unsaturated/α-hetero) is 1. The van der Waals surface area contributed by atoms with Crippen LogP contribution in [0.2, 0.25) is 0 Å². The molecule has 2 aromatic carbocycles. The fourth-order valence-corrected chi connectivity index (χ4v) is 3.98. The third-order valence-electron chi connectivity index (χ3n) is 3.46. The third-order valence-corrected chi connectivity index (χ3v) is 5.19. The van der Waals surface area contributed by atoms with Crippen LogP contribution in [0, 0.1) is 0 Å². The Labute approximate surface area is 108 Å². The van der Waals surface area contributed by atoms with Gasteiger partial charge in [0.1, 0.15) is 5.78 Å². The summed E-state index contributed by atoms with van der Waals surface area (Å²) in [5.74, 6) is 0.154. The molecule has 1 saturated carbocycles. The first-order valence-corrected chi connectivity index (χ1v) is 7.39. The highest BCUT2D eigenvalue weighted by Crippen LogP contribution is 2.26. The number of benzene rings is 2. The molecule has 1 aliphatic carbocycles. The SMILES string of the molecule is O=C1CCCC1S(=O)c1ccc2ccccc2c1. The van der Waals surface area contributed by atoms with Gasteiger partial charge in [-0.25, -0.2) is 0 Å². The van der Waals surface area contributed by atoms with Crippen molar-refractivity contribution in [2.24, 2.45) is 0 Å². The number of carbonyl (C=O) groups is 1. The molecule has 2 atom stereocenters. The van der Waals surface area contributed by atoms with Crippen LogP contribution in [0.5, 0.6) is 0 Å². The molecule has 3 rings (SSSR count). The van der Waals surface area contributed by atoms with Crippen molar-refractivity contribution in [3.8, 4) is 0 Å². The third kappa shape index (κ3) is 1.99. The molecule has 0 heterocycles. The summed E-state index contributed by atoms with van der Waals surface area (Å²) < 4.78 is 12.4. The second kappa shape index (κ2) is 4.65. The van der Waals surface area contributed by atoms with Crippen molar-refractivity contribution in [1.82, 2.24) is 0 Å². The van der Waals surface area contributed by atoms with E-state index in [1.54, 1.807) is 0 Å². The first-order chi connectivity index (χ1) is 8.75. The predicted octanol–water partition coefficient (Wildman–Crippen LogP) is 3.07. The van der Waals surface area contributed by atoms with Crippen molar-refractivity contribution in [3.05, 3.63) is 42.5 Å². The number of rotatable bonds is 2. The molecule has 0 bridgehead atoms. The molecule has 92 valence electrons. The number of carbonyl (C=O) groups excluding carboxylic acids is 1. The molecular weight excluding hydrogens is 244 g/mol. The van der Waals surface area contributed by atoms with Crippen LogP contribution in [0.15, 0.2) is 47.4 Å². The summed E-state index contributed by atoms with van der Waals surface area (Å²) >= 11 is 0. The Bertz CT molecular complexity index is 633. The topological polar surface area (TPSA) is 34.1 Å². The molecule has 18 heavy (non-hydrogen) atoms. The Morgan fingerprint density at radius 1 is 1.06 bits per heavy atom. The molecule has 2 unspecified atom stereocenters. The van der Waals surface area contributed by atoms with Gasteiger partial charge in [0.2, 0.25) is 0 Å². The summed E-state index contributed by atoms with van der Waals surface area (Å²) in [6.45, 7) is 0. The summed E-state index contributed by atoms with van der Waals surface area (Å²) in [5.41, 5.74) is 0. The quantitative estimate of drug-likeness (QED) is 0.829. The lowest BCUT2D eigenvalue weighted by Crippen LogP contribution is -2.19. The van der Waals surface area contributed by atoms with Crippen LogP contribution in [0.3, 0.4) is 0 Å². The standard InChI is InChI=1S/C15H14O2S/c16-14-6-3-7-15(14)18(17)13-9-8-11-4-1-2-5-12(11)10-13/h1-2,4-5,8-10,15H,3,6-7H2. The normalized spacial score (nSPS) is 21.3. The van der Waals surface area contributed by atoms with Gasteiger partial charge in [-0.1, -0.05) is 30.3 Å². The highest BCUT2D eigenvalue weighted by molar-refractivity contribution is 7.86. The van der Waals surface area contributed by atoms with Crippen LogP contribution >= 0.6 is 0 Å². The number of hydrogen-bond donors (Lipinski definition) is 0. The molecular formula is C15H14O2S. The number of fused-ring (bicyclic) bond motifs is 1. The Morgan fingerprint density at radius 2 is 1.83 bits per heavy atom. The van der Waals surface area contributed by atoms with Crippen molar-refractivity contribution >= 4 is 27.4 Å². The van der Waals surface area contributed by atoms with E-state index in [-0.39, 0.29) is 11.0 Å². The molecule has 0 aliphatic heterocycles. The Kier molecular flexibility index (Phi) is 3.00. The van der Waals surface area contributed by atoms with Gasteiger partial charge < -0.3 is 0 Å². The van der Waals surface area contributed by atoms with Crippen LogP contribution in [0.25, 0.3) is 10.8 Å². The number of ketones is 1. The minimum absolute atomic E-state index is 0.154. The van der Waals surface area contributed by atoms with E-state index in [0.717, 1.165) is 28.5 Å². The molecule has 1 fully saturated rings. The zero-order valence-corrected chi connectivity index (χ0v) is 10.8. The lowest BCUT2D eigenvalue weighted by atomic mass is 10.1. The van der Waals surface area contributed by atoms with Crippen molar-refractivity contribution in [2.75, 3.05) is 0 Å². The maximum absolute atomic E-state index is 12.4. The maximum Gasteiger partial charge on any atom is 0.148 e. The van der Waals surface area contributed by atoms with Crippen molar-refractivity contribution in [2.45, 2.75) is 29.4 Å². The largest absolute Gasteiger partial charge is 0.298 e. The Balaban J connectivity index is 1.99. The lowest BCUT2D eigenvalue weighted by Gasteiger charge is -2.09. The average Bonchev–Trinajstić information content (AvgIpc) is 2.83. The van der Waals surface area contributed by atoms with Crippen LogP contribution in [-0.4, -0.2) is 15.2 Å². The van der Waals surface area contributed by atoms with Crippen molar-refractivity contribution < 1.29 is 9.00 Å². The fraction of sp³-hybridized carbons (Fsp3) is 0.267. The predicted molar refractivity (Wildman–Crippen MR) is 73.0 cm³/mol. The van der Waals surface area contributed by atoms with Gasteiger partial charge in [0.25, 0.3) is 0 Å². The van der Waals surface area contributed by atoms with Crippen molar-refractivity contribution in [1.29, 1.82) is 0 Å². The first-order valence-electron chi connectivity index (χ1n) is 6.18. The van der Waals surface area contributed by atoms with Crippen LogP contribution in [0.1, 0.15) is 19.3 Å². The summed E-state index contributed by atoms with van der Waals surface area (Å²) in [4.78, 5) is 12.4. The van der Waals surface area contributed by atoms with Gasteiger partial charge in [-0.15, -0.1) is 0 Å². The van der Waals surface area contributed by atoms with E-state index in [1.165, 1.54) is 0 Å². The number of hydrogen-bond acceptors (Lipinski definition) is 2. The Morgan fingerprint density at radius 3 is 2.56 bits per heavy atom. The molecule has 0 N–H and O–H groups in total. The molecule has 0 saturated heterocycles.